The molecule has 0 aromatic carbocycles. The molecule has 0 bridgehead atoms. The van der Waals surface area contributed by atoms with E-state index in [0.29, 0.717) is 18.9 Å². The number of hydrogen-bond acceptors (Lipinski definition) is 3. The Kier molecular flexibility index (Phi) is 5.23. The van der Waals surface area contributed by atoms with Crippen LogP contribution in [0.3, 0.4) is 0 Å². The van der Waals surface area contributed by atoms with Gasteiger partial charge in [-0.1, -0.05) is 20.8 Å². The minimum Gasteiger partial charge on any atom is -0.342 e. The van der Waals surface area contributed by atoms with Crippen molar-refractivity contribution < 1.29 is 9.59 Å². The number of carbonyl (C=O) groups is 2. The molecule has 120 valence electrons. The Balaban J connectivity index is 2.22. The summed E-state index contributed by atoms with van der Waals surface area (Å²) < 4.78 is 0.0643. The molecule has 2 amide bonds. The third-order valence-electron chi connectivity index (χ3n) is 5.19. The van der Waals surface area contributed by atoms with E-state index in [0.717, 1.165) is 25.7 Å². The predicted octanol–water partition coefficient (Wildman–Crippen LogP) is 2.42. The van der Waals surface area contributed by atoms with Crippen LogP contribution in [0.2, 0.25) is 0 Å². The molecule has 0 aromatic rings. The molecule has 1 saturated heterocycles. The van der Waals surface area contributed by atoms with Crippen LogP contribution in [0, 0.1) is 5.92 Å². The molecule has 2 fully saturated rings. The molecule has 2 rings (SSSR count). The Morgan fingerprint density at radius 3 is 2.29 bits per heavy atom. The van der Waals surface area contributed by atoms with Crippen molar-refractivity contribution in [2.24, 2.45) is 5.92 Å². The van der Waals surface area contributed by atoms with Gasteiger partial charge in [-0.05, 0) is 44.3 Å². The van der Waals surface area contributed by atoms with E-state index >= 15 is 0 Å². The van der Waals surface area contributed by atoms with Crippen molar-refractivity contribution >= 4 is 23.6 Å². The van der Waals surface area contributed by atoms with Crippen molar-refractivity contribution in [2.75, 3.05) is 12.8 Å². The maximum absolute atomic E-state index is 12.8. The van der Waals surface area contributed by atoms with Gasteiger partial charge in [-0.25, -0.2) is 0 Å². The van der Waals surface area contributed by atoms with Gasteiger partial charge < -0.3 is 10.2 Å². The minimum absolute atomic E-state index is 0.0382. The molecule has 0 radical (unpaired) electrons. The maximum Gasteiger partial charge on any atom is 0.246 e. The van der Waals surface area contributed by atoms with E-state index in [4.69, 9.17) is 0 Å². The van der Waals surface area contributed by atoms with Gasteiger partial charge in [-0.2, -0.15) is 11.8 Å². The molecule has 2 unspecified atom stereocenters. The van der Waals surface area contributed by atoms with E-state index < -0.39 is 0 Å². The third-order valence-corrected chi connectivity index (χ3v) is 6.76. The molecule has 4 nitrogen and oxygen atoms in total. The van der Waals surface area contributed by atoms with Crippen molar-refractivity contribution in [3.8, 4) is 0 Å². The van der Waals surface area contributed by atoms with Gasteiger partial charge in [0, 0.05) is 11.3 Å². The number of nitrogens with one attached hydrogen (secondary N) is 1. The second-order valence-electron chi connectivity index (χ2n) is 6.31. The highest BCUT2D eigenvalue weighted by Crippen LogP contribution is 2.37. The minimum atomic E-state index is -0.294. The first-order valence-electron chi connectivity index (χ1n) is 8.17. The zero-order valence-corrected chi connectivity index (χ0v) is 14.5. The Hall–Kier alpha value is -0.710. The summed E-state index contributed by atoms with van der Waals surface area (Å²) in [4.78, 5) is 27.1. The molecule has 2 atom stereocenters. The molecular formula is C16H28N2O2S. The Bertz CT molecular complexity index is 397. The summed E-state index contributed by atoms with van der Waals surface area (Å²) in [5.74, 6) is 0.550. The second kappa shape index (κ2) is 6.59. The smallest absolute Gasteiger partial charge is 0.246 e. The first kappa shape index (κ1) is 16.7. The summed E-state index contributed by atoms with van der Waals surface area (Å²) >= 11 is 1.83. The van der Waals surface area contributed by atoms with Gasteiger partial charge in [0.15, 0.2) is 0 Å². The Morgan fingerprint density at radius 1 is 1.24 bits per heavy atom. The standard InChI is InChI=1S/C16H28N2O2S/c1-5-12-14(19)17-13(11-8-9-11)15(20)18(12)10-16(6-2,7-3)21-4/h11-13H,5-10H2,1-4H3,(H,17,19). The zero-order chi connectivity index (χ0) is 15.6. The number of rotatable bonds is 7. The number of amides is 2. The highest BCUT2D eigenvalue weighted by molar-refractivity contribution is 8.00. The van der Waals surface area contributed by atoms with E-state index in [1.54, 1.807) is 0 Å². The van der Waals surface area contributed by atoms with Gasteiger partial charge in [0.1, 0.15) is 12.1 Å². The lowest BCUT2D eigenvalue weighted by atomic mass is 9.96. The second-order valence-corrected chi connectivity index (χ2v) is 7.58. The monoisotopic (exact) mass is 312 g/mol. The lowest BCUT2D eigenvalue weighted by molar-refractivity contribution is -0.150. The number of nitrogens with zero attached hydrogens (tertiary/aromatic N) is 1. The van der Waals surface area contributed by atoms with Crippen molar-refractivity contribution in [3.63, 3.8) is 0 Å². The zero-order valence-electron chi connectivity index (χ0n) is 13.6. The van der Waals surface area contributed by atoms with Crippen LogP contribution in [-0.4, -0.2) is 46.3 Å². The molecule has 1 saturated carbocycles. The first-order chi connectivity index (χ1) is 10.0. The molecule has 1 heterocycles. The average Bonchev–Trinajstić information content (AvgIpc) is 3.32. The quantitative estimate of drug-likeness (QED) is 0.785. The Morgan fingerprint density at radius 2 is 1.86 bits per heavy atom. The van der Waals surface area contributed by atoms with Crippen molar-refractivity contribution in [2.45, 2.75) is 69.7 Å². The highest BCUT2D eigenvalue weighted by atomic mass is 32.2. The van der Waals surface area contributed by atoms with E-state index in [1.807, 2.05) is 23.6 Å². The maximum atomic E-state index is 12.8. The fourth-order valence-electron chi connectivity index (χ4n) is 3.27. The van der Waals surface area contributed by atoms with Crippen LogP contribution in [-0.2, 0) is 9.59 Å². The van der Waals surface area contributed by atoms with Gasteiger partial charge in [-0.3, -0.25) is 9.59 Å². The first-order valence-corrected chi connectivity index (χ1v) is 9.40. The topological polar surface area (TPSA) is 49.4 Å². The third kappa shape index (κ3) is 3.22. The van der Waals surface area contributed by atoms with Crippen LogP contribution < -0.4 is 5.32 Å². The van der Waals surface area contributed by atoms with Gasteiger partial charge >= 0.3 is 0 Å². The summed E-state index contributed by atoms with van der Waals surface area (Å²) in [7, 11) is 0. The van der Waals surface area contributed by atoms with Gasteiger partial charge in [-0.15, -0.1) is 0 Å². The molecular weight excluding hydrogens is 284 g/mol. The highest BCUT2D eigenvalue weighted by Gasteiger charge is 2.47. The van der Waals surface area contributed by atoms with E-state index in [-0.39, 0.29) is 28.6 Å². The number of thioether (sulfide) groups is 1. The summed E-state index contributed by atoms with van der Waals surface area (Å²) in [6.45, 7) is 7.03. The summed E-state index contributed by atoms with van der Waals surface area (Å²) in [5, 5.41) is 2.96. The molecule has 21 heavy (non-hydrogen) atoms. The molecule has 0 aromatic heterocycles. The van der Waals surface area contributed by atoms with Crippen LogP contribution in [0.1, 0.15) is 52.9 Å². The number of carbonyl (C=O) groups excluding carboxylic acids is 2. The van der Waals surface area contributed by atoms with Crippen molar-refractivity contribution in [1.82, 2.24) is 10.2 Å². The lowest BCUT2D eigenvalue weighted by Crippen LogP contribution is -2.65. The van der Waals surface area contributed by atoms with Crippen molar-refractivity contribution in [1.29, 1.82) is 0 Å². The van der Waals surface area contributed by atoms with Crippen LogP contribution in [0.5, 0.6) is 0 Å². The van der Waals surface area contributed by atoms with Gasteiger partial charge in [0.05, 0.1) is 0 Å². The van der Waals surface area contributed by atoms with E-state index in [2.05, 4.69) is 25.4 Å². The van der Waals surface area contributed by atoms with Gasteiger partial charge in [0.2, 0.25) is 11.8 Å². The SMILES string of the molecule is CCC1C(=O)NC(C2CC2)C(=O)N1CC(CC)(CC)SC. The van der Waals surface area contributed by atoms with Crippen LogP contribution in [0.4, 0.5) is 0 Å². The predicted molar refractivity (Wildman–Crippen MR) is 87.3 cm³/mol. The normalized spacial score (nSPS) is 27.0. The fourth-order valence-corrected chi connectivity index (χ4v) is 4.11. The molecule has 1 aliphatic carbocycles. The summed E-state index contributed by atoms with van der Waals surface area (Å²) in [6.07, 6.45) is 6.96. The summed E-state index contributed by atoms with van der Waals surface area (Å²) in [6, 6.07) is -0.564. The molecule has 1 N–H and O–H groups in total. The Labute approximate surface area is 132 Å². The molecule has 2 aliphatic rings. The van der Waals surface area contributed by atoms with Gasteiger partial charge in [0.25, 0.3) is 0 Å². The van der Waals surface area contributed by atoms with E-state index in [1.165, 1.54) is 0 Å². The molecule has 5 heteroatoms. The largest absolute Gasteiger partial charge is 0.342 e. The van der Waals surface area contributed by atoms with Crippen LogP contribution >= 0.6 is 11.8 Å². The molecule has 0 spiro atoms. The lowest BCUT2D eigenvalue weighted by Gasteiger charge is -2.44. The molecule has 1 aliphatic heterocycles. The van der Waals surface area contributed by atoms with Crippen LogP contribution in [0.25, 0.3) is 0 Å². The number of piperazine rings is 1. The fraction of sp³-hybridized carbons (Fsp3) is 0.875. The summed E-state index contributed by atoms with van der Waals surface area (Å²) in [5.41, 5.74) is 0. The average molecular weight is 312 g/mol. The van der Waals surface area contributed by atoms with Crippen molar-refractivity contribution in [3.05, 3.63) is 0 Å². The van der Waals surface area contributed by atoms with Crippen LogP contribution in [0.15, 0.2) is 0 Å². The number of hydrogen-bond donors (Lipinski definition) is 1. The van der Waals surface area contributed by atoms with E-state index in [9.17, 15) is 9.59 Å².